The Morgan fingerprint density at radius 2 is 2.30 bits per heavy atom. The average Bonchev–Trinajstić information content (AvgIpc) is 2.83. The minimum atomic E-state index is -0.681. The fraction of sp³-hybridized carbons (Fsp3) is 0.333. The van der Waals surface area contributed by atoms with Gasteiger partial charge in [-0.1, -0.05) is 18.2 Å². The minimum absolute atomic E-state index is 0.227. The van der Waals surface area contributed by atoms with Gasteiger partial charge in [0.15, 0.2) is 5.13 Å². The Labute approximate surface area is 121 Å². The van der Waals surface area contributed by atoms with Crippen LogP contribution in [0.2, 0.25) is 0 Å². The quantitative estimate of drug-likeness (QED) is 0.910. The minimum Gasteiger partial charge on any atom is -0.481 e. The number of aryl methyl sites for hydroxylation is 1. The maximum Gasteiger partial charge on any atom is 0.306 e. The standard InChI is InChI=1S/C15H16N2O2S/c16-15-17-8-13(20-15)6-9-1-2-11-7-12(14(18)19)4-3-10(11)5-9/h1-2,5,8,12H,3-4,6-7H2,(H2,16,17)(H,18,19). The molecule has 0 bridgehead atoms. The second kappa shape index (κ2) is 5.25. The first kappa shape index (κ1) is 13.1. The van der Waals surface area contributed by atoms with Gasteiger partial charge in [0.25, 0.3) is 0 Å². The highest BCUT2D eigenvalue weighted by Gasteiger charge is 2.24. The van der Waals surface area contributed by atoms with E-state index in [-0.39, 0.29) is 5.92 Å². The smallest absolute Gasteiger partial charge is 0.306 e. The molecule has 1 heterocycles. The van der Waals surface area contributed by atoms with Crippen molar-refractivity contribution in [1.29, 1.82) is 0 Å². The topological polar surface area (TPSA) is 76.2 Å². The third-order valence-electron chi connectivity index (χ3n) is 3.80. The van der Waals surface area contributed by atoms with Crippen molar-refractivity contribution in [2.75, 3.05) is 5.73 Å². The number of aromatic nitrogens is 1. The number of carboxylic acids is 1. The molecule has 3 rings (SSSR count). The maximum absolute atomic E-state index is 11.1. The maximum atomic E-state index is 11.1. The number of rotatable bonds is 3. The molecule has 0 spiro atoms. The van der Waals surface area contributed by atoms with Gasteiger partial charge < -0.3 is 10.8 Å². The van der Waals surface area contributed by atoms with Crippen LogP contribution in [0.25, 0.3) is 0 Å². The molecular weight excluding hydrogens is 272 g/mol. The number of benzene rings is 1. The summed E-state index contributed by atoms with van der Waals surface area (Å²) in [5, 5.41) is 9.70. The lowest BCUT2D eigenvalue weighted by atomic mass is 9.83. The Bertz CT molecular complexity index is 651. The molecule has 1 aliphatic carbocycles. The summed E-state index contributed by atoms with van der Waals surface area (Å²) >= 11 is 1.51. The molecule has 1 aromatic carbocycles. The number of hydrogen-bond acceptors (Lipinski definition) is 4. The van der Waals surface area contributed by atoms with Crippen LogP contribution >= 0.6 is 11.3 Å². The molecule has 20 heavy (non-hydrogen) atoms. The van der Waals surface area contributed by atoms with E-state index < -0.39 is 5.97 Å². The van der Waals surface area contributed by atoms with E-state index in [4.69, 9.17) is 10.8 Å². The number of nitrogens with two attached hydrogens (primary N) is 1. The number of carboxylic acid groups (broad SMARTS) is 1. The molecule has 3 N–H and O–H groups in total. The number of fused-ring (bicyclic) bond motifs is 1. The number of anilines is 1. The molecule has 0 aliphatic heterocycles. The Hall–Kier alpha value is -1.88. The average molecular weight is 288 g/mol. The van der Waals surface area contributed by atoms with Crippen molar-refractivity contribution >= 4 is 22.4 Å². The van der Waals surface area contributed by atoms with Crippen LogP contribution < -0.4 is 5.73 Å². The Morgan fingerprint density at radius 3 is 3.00 bits per heavy atom. The second-order valence-electron chi connectivity index (χ2n) is 5.22. The molecular formula is C15H16N2O2S. The lowest BCUT2D eigenvalue weighted by Gasteiger charge is -2.22. The molecule has 0 amide bonds. The molecule has 1 unspecified atom stereocenters. The van der Waals surface area contributed by atoms with Gasteiger partial charge in [-0.15, -0.1) is 11.3 Å². The predicted octanol–water partition coefficient (Wildman–Crippen LogP) is 2.51. The highest BCUT2D eigenvalue weighted by atomic mass is 32.1. The number of thiazole rings is 1. The van der Waals surface area contributed by atoms with Crippen molar-refractivity contribution in [2.24, 2.45) is 5.92 Å². The Morgan fingerprint density at radius 1 is 1.45 bits per heavy atom. The normalized spacial score (nSPS) is 17.7. The van der Waals surface area contributed by atoms with Crippen molar-refractivity contribution in [3.05, 3.63) is 46.0 Å². The molecule has 1 aromatic heterocycles. The third-order valence-corrected chi connectivity index (χ3v) is 4.62. The third kappa shape index (κ3) is 2.67. The summed E-state index contributed by atoms with van der Waals surface area (Å²) in [4.78, 5) is 16.3. The summed E-state index contributed by atoms with van der Waals surface area (Å²) in [7, 11) is 0. The predicted molar refractivity (Wildman–Crippen MR) is 78.9 cm³/mol. The van der Waals surface area contributed by atoms with E-state index >= 15 is 0 Å². The molecule has 1 aliphatic rings. The lowest BCUT2D eigenvalue weighted by molar-refractivity contribution is -0.142. The first-order chi connectivity index (χ1) is 9.61. The zero-order valence-corrected chi connectivity index (χ0v) is 11.8. The molecule has 5 heteroatoms. The number of aliphatic carboxylic acids is 1. The van der Waals surface area contributed by atoms with Crippen LogP contribution in [0.15, 0.2) is 24.4 Å². The van der Waals surface area contributed by atoms with E-state index in [0.29, 0.717) is 11.6 Å². The van der Waals surface area contributed by atoms with Crippen LogP contribution in [0.3, 0.4) is 0 Å². The fourth-order valence-electron chi connectivity index (χ4n) is 2.73. The molecule has 0 saturated carbocycles. The van der Waals surface area contributed by atoms with Gasteiger partial charge in [-0.3, -0.25) is 4.79 Å². The van der Waals surface area contributed by atoms with Crippen LogP contribution in [0.4, 0.5) is 5.13 Å². The molecule has 0 fully saturated rings. The summed E-state index contributed by atoms with van der Waals surface area (Å²) in [6.07, 6.45) is 4.90. The lowest BCUT2D eigenvalue weighted by Crippen LogP contribution is -2.22. The molecule has 1 atom stereocenters. The molecule has 0 saturated heterocycles. The molecule has 0 radical (unpaired) electrons. The summed E-state index contributed by atoms with van der Waals surface area (Å²) < 4.78 is 0. The number of carbonyl (C=O) groups is 1. The van der Waals surface area contributed by atoms with Crippen molar-refractivity contribution in [3.63, 3.8) is 0 Å². The highest BCUT2D eigenvalue weighted by Crippen LogP contribution is 2.28. The van der Waals surface area contributed by atoms with Crippen LogP contribution in [0.1, 0.15) is 28.0 Å². The molecule has 104 valence electrons. The van der Waals surface area contributed by atoms with E-state index in [1.165, 1.54) is 28.0 Å². The van der Waals surface area contributed by atoms with Crippen molar-refractivity contribution in [1.82, 2.24) is 4.98 Å². The van der Waals surface area contributed by atoms with Crippen molar-refractivity contribution in [3.8, 4) is 0 Å². The van der Waals surface area contributed by atoms with E-state index in [1.54, 1.807) is 0 Å². The molecule has 2 aromatic rings. The zero-order chi connectivity index (χ0) is 14.1. The van der Waals surface area contributed by atoms with Crippen LogP contribution in [0, 0.1) is 5.92 Å². The van der Waals surface area contributed by atoms with Gasteiger partial charge in [-0.2, -0.15) is 0 Å². The van der Waals surface area contributed by atoms with E-state index in [9.17, 15) is 4.79 Å². The van der Waals surface area contributed by atoms with Crippen LogP contribution in [0.5, 0.6) is 0 Å². The zero-order valence-electron chi connectivity index (χ0n) is 11.0. The summed E-state index contributed by atoms with van der Waals surface area (Å²) in [5.74, 6) is -0.908. The largest absolute Gasteiger partial charge is 0.481 e. The number of hydrogen-bond donors (Lipinski definition) is 2. The first-order valence-electron chi connectivity index (χ1n) is 6.65. The van der Waals surface area contributed by atoms with E-state index in [2.05, 4.69) is 23.2 Å². The second-order valence-corrected chi connectivity index (χ2v) is 6.37. The van der Waals surface area contributed by atoms with Gasteiger partial charge in [0.1, 0.15) is 0 Å². The molecule has 4 nitrogen and oxygen atoms in total. The van der Waals surface area contributed by atoms with Gasteiger partial charge in [0.05, 0.1) is 5.92 Å². The van der Waals surface area contributed by atoms with E-state index in [0.717, 1.165) is 24.1 Å². The summed E-state index contributed by atoms with van der Waals surface area (Å²) in [5.41, 5.74) is 9.34. The number of nitrogens with zero attached hydrogens (tertiary/aromatic N) is 1. The van der Waals surface area contributed by atoms with Gasteiger partial charge in [0.2, 0.25) is 0 Å². The van der Waals surface area contributed by atoms with Gasteiger partial charge >= 0.3 is 5.97 Å². The van der Waals surface area contributed by atoms with Gasteiger partial charge in [-0.25, -0.2) is 4.98 Å². The fourth-order valence-corrected chi connectivity index (χ4v) is 3.45. The van der Waals surface area contributed by atoms with E-state index in [1.807, 2.05) is 6.20 Å². The van der Waals surface area contributed by atoms with Crippen LogP contribution in [-0.2, 0) is 24.1 Å². The monoisotopic (exact) mass is 288 g/mol. The van der Waals surface area contributed by atoms with Crippen LogP contribution in [-0.4, -0.2) is 16.1 Å². The summed E-state index contributed by atoms with van der Waals surface area (Å²) in [6, 6.07) is 6.35. The highest BCUT2D eigenvalue weighted by molar-refractivity contribution is 7.15. The first-order valence-corrected chi connectivity index (χ1v) is 7.47. The van der Waals surface area contributed by atoms with Crippen molar-refractivity contribution in [2.45, 2.75) is 25.7 Å². The Kier molecular flexibility index (Phi) is 3.44. The van der Waals surface area contributed by atoms with Crippen molar-refractivity contribution < 1.29 is 9.90 Å². The Balaban J connectivity index is 1.78. The summed E-state index contributed by atoms with van der Waals surface area (Å²) in [6.45, 7) is 0. The van der Waals surface area contributed by atoms with Gasteiger partial charge in [-0.05, 0) is 36.0 Å². The number of nitrogen functional groups attached to an aromatic ring is 1. The SMILES string of the molecule is Nc1ncc(Cc2ccc3c(c2)CCC(C(=O)O)C3)s1. The van der Waals surface area contributed by atoms with Gasteiger partial charge in [0, 0.05) is 17.5 Å².